The highest BCUT2D eigenvalue weighted by Crippen LogP contribution is 2.33. The molecule has 35 heavy (non-hydrogen) atoms. The number of hydrogen-bond donors (Lipinski definition) is 0. The summed E-state index contributed by atoms with van der Waals surface area (Å²) < 4.78 is 20.8. The van der Waals surface area contributed by atoms with Gasteiger partial charge in [-0.15, -0.1) is 10.2 Å². The molecule has 1 amide bonds. The third-order valence-electron chi connectivity index (χ3n) is 5.70. The van der Waals surface area contributed by atoms with E-state index >= 15 is 0 Å². The van der Waals surface area contributed by atoms with Crippen LogP contribution in [0.3, 0.4) is 0 Å². The van der Waals surface area contributed by atoms with E-state index in [0.29, 0.717) is 53.6 Å². The number of rotatable bonds is 6. The first-order valence-electron chi connectivity index (χ1n) is 11.1. The molecule has 1 aliphatic heterocycles. The van der Waals surface area contributed by atoms with Crippen molar-refractivity contribution in [1.29, 1.82) is 0 Å². The Morgan fingerprint density at radius 2 is 1.69 bits per heavy atom. The van der Waals surface area contributed by atoms with Crippen LogP contribution >= 0.6 is 23.4 Å². The van der Waals surface area contributed by atoms with E-state index in [1.54, 1.807) is 18.2 Å². The number of carbonyl (C=O) groups is 1. The number of halogens is 2. The first-order valence-corrected chi connectivity index (χ1v) is 12.5. The molecule has 9 heteroatoms. The molecule has 0 radical (unpaired) electrons. The summed E-state index contributed by atoms with van der Waals surface area (Å²) in [5.41, 5.74) is 3.18. The highest BCUT2D eigenvalue weighted by atomic mass is 35.5. The standard InChI is InChI=1S/C26H22ClFN4O2S/c27-23-4-2-1-3-22(23)24-29-30-26(32(24)21-11-9-20(28)10-12-21)35-17-18-5-7-19(8-6-18)25(33)31-13-15-34-16-14-31/h1-12H,13-17H2. The molecule has 1 aliphatic rings. The maximum Gasteiger partial charge on any atom is 0.254 e. The first-order chi connectivity index (χ1) is 17.1. The molecule has 5 rings (SSSR count). The second-order valence-electron chi connectivity index (χ2n) is 7.99. The second-order valence-corrected chi connectivity index (χ2v) is 9.34. The fourth-order valence-electron chi connectivity index (χ4n) is 3.84. The van der Waals surface area contributed by atoms with E-state index in [2.05, 4.69) is 10.2 Å². The molecule has 0 saturated carbocycles. The minimum absolute atomic E-state index is 0.0212. The smallest absolute Gasteiger partial charge is 0.254 e. The van der Waals surface area contributed by atoms with Gasteiger partial charge in [-0.2, -0.15) is 0 Å². The highest BCUT2D eigenvalue weighted by molar-refractivity contribution is 7.98. The maximum absolute atomic E-state index is 13.6. The van der Waals surface area contributed by atoms with Gasteiger partial charge in [0.2, 0.25) is 0 Å². The van der Waals surface area contributed by atoms with Gasteiger partial charge in [0.15, 0.2) is 11.0 Å². The Balaban J connectivity index is 1.38. The number of nitrogens with zero attached hydrogens (tertiary/aromatic N) is 4. The summed E-state index contributed by atoms with van der Waals surface area (Å²) in [7, 11) is 0. The Kier molecular flexibility index (Phi) is 7.13. The van der Waals surface area contributed by atoms with E-state index in [4.69, 9.17) is 16.3 Å². The van der Waals surface area contributed by atoms with E-state index in [-0.39, 0.29) is 11.7 Å². The van der Waals surface area contributed by atoms with Crippen LogP contribution < -0.4 is 0 Å². The zero-order valence-corrected chi connectivity index (χ0v) is 20.3. The van der Waals surface area contributed by atoms with Gasteiger partial charge in [0.25, 0.3) is 5.91 Å². The molecule has 1 saturated heterocycles. The SMILES string of the molecule is O=C(c1ccc(CSc2nnc(-c3ccccc3Cl)n2-c2ccc(F)cc2)cc1)N1CCOCC1. The van der Waals surface area contributed by atoms with Crippen molar-refractivity contribution in [3.8, 4) is 17.1 Å². The predicted octanol–water partition coefficient (Wildman–Crippen LogP) is 5.49. The van der Waals surface area contributed by atoms with Crippen LogP contribution in [0, 0.1) is 5.82 Å². The summed E-state index contributed by atoms with van der Waals surface area (Å²) in [4.78, 5) is 14.5. The van der Waals surface area contributed by atoms with E-state index in [0.717, 1.165) is 16.8 Å². The average molecular weight is 509 g/mol. The number of benzene rings is 3. The molecule has 2 heterocycles. The third-order valence-corrected chi connectivity index (χ3v) is 7.03. The Hall–Kier alpha value is -3.20. The van der Waals surface area contributed by atoms with Gasteiger partial charge < -0.3 is 9.64 Å². The molecule has 178 valence electrons. The van der Waals surface area contributed by atoms with Crippen LogP contribution in [-0.4, -0.2) is 51.9 Å². The number of aromatic nitrogens is 3. The van der Waals surface area contributed by atoms with Crippen molar-refractivity contribution in [2.24, 2.45) is 0 Å². The lowest BCUT2D eigenvalue weighted by Crippen LogP contribution is -2.40. The van der Waals surface area contributed by atoms with Crippen molar-refractivity contribution in [2.45, 2.75) is 10.9 Å². The van der Waals surface area contributed by atoms with Crippen LogP contribution in [0.25, 0.3) is 17.1 Å². The van der Waals surface area contributed by atoms with E-state index in [1.807, 2.05) is 51.9 Å². The van der Waals surface area contributed by atoms with E-state index in [9.17, 15) is 9.18 Å². The number of morpholine rings is 1. The second kappa shape index (κ2) is 10.6. The monoisotopic (exact) mass is 508 g/mol. The van der Waals surface area contributed by atoms with Gasteiger partial charge in [-0.25, -0.2) is 4.39 Å². The van der Waals surface area contributed by atoms with Gasteiger partial charge in [-0.1, -0.05) is 47.6 Å². The molecule has 0 spiro atoms. The van der Waals surface area contributed by atoms with Crippen LogP contribution in [0.1, 0.15) is 15.9 Å². The van der Waals surface area contributed by atoms with Crippen molar-refractivity contribution in [1.82, 2.24) is 19.7 Å². The fourth-order valence-corrected chi connectivity index (χ4v) is 4.97. The number of amides is 1. The van der Waals surface area contributed by atoms with Gasteiger partial charge >= 0.3 is 0 Å². The summed E-state index contributed by atoms with van der Waals surface area (Å²) in [6.45, 7) is 2.38. The van der Waals surface area contributed by atoms with Crippen LogP contribution in [0.2, 0.25) is 5.02 Å². The van der Waals surface area contributed by atoms with Gasteiger partial charge in [-0.3, -0.25) is 9.36 Å². The molecule has 1 fully saturated rings. The third kappa shape index (κ3) is 5.24. The molecule has 0 atom stereocenters. The lowest BCUT2D eigenvalue weighted by molar-refractivity contribution is 0.0303. The minimum atomic E-state index is -0.318. The number of carbonyl (C=O) groups excluding carboxylic acids is 1. The zero-order valence-electron chi connectivity index (χ0n) is 18.7. The van der Waals surface area contributed by atoms with Crippen molar-refractivity contribution in [2.75, 3.05) is 26.3 Å². The number of hydrogen-bond acceptors (Lipinski definition) is 5. The van der Waals surface area contributed by atoms with Gasteiger partial charge in [0.05, 0.1) is 18.2 Å². The molecule has 0 aliphatic carbocycles. The maximum atomic E-state index is 13.6. The molecule has 4 aromatic rings. The fraction of sp³-hybridized carbons (Fsp3) is 0.192. The summed E-state index contributed by atoms with van der Waals surface area (Å²) in [6.07, 6.45) is 0. The Labute approximate surface area is 211 Å². The molecule has 3 aromatic carbocycles. The van der Waals surface area contributed by atoms with Gasteiger partial charge in [0, 0.05) is 35.7 Å². The lowest BCUT2D eigenvalue weighted by atomic mass is 10.1. The van der Waals surface area contributed by atoms with Gasteiger partial charge in [0.1, 0.15) is 5.82 Å². The summed E-state index contributed by atoms with van der Waals surface area (Å²) >= 11 is 7.94. The highest BCUT2D eigenvalue weighted by Gasteiger charge is 2.20. The molecular formula is C26H22ClFN4O2S. The number of thioether (sulfide) groups is 1. The van der Waals surface area contributed by atoms with Crippen LogP contribution in [-0.2, 0) is 10.5 Å². The van der Waals surface area contributed by atoms with E-state index in [1.165, 1.54) is 23.9 Å². The first kappa shape index (κ1) is 23.5. The summed E-state index contributed by atoms with van der Waals surface area (Å²) in [5, 5.41) is 10.0. The Bertz CT molecular complexity index is 1320. The average Bonchev–Trinajstić information content (AvgIpc) is 3.32. The van der Waals surface area contributed by atoms with Crippen LogP contribution in [0.15, 0.2) is 78.0 Å². The number of ether oxygens (including phenoxy) is 1. The molecule has 1 aromatic heterocycles. The quantitative estimate of drug-likeness (QED) is 0.322. The Morgan fingerprint density at radius 1 is 0.971 bits per heavy atom. The van der Waals surface area contributed by atoms with Gasteiger partial charge in [-0.05, 0) is 54.1 Å². The van der Waals surface area contributed by atoms with Crippen molar-refractivity contribution in [3.63, 3.8) is 0 Å². The lowest BCUT2D eigenvalue weighted by Gasteiger charge is -2.26. The largest absolute Gasteiger partial charge is 0.378 e. The Morgan fingerprint density at radius 3 is 2.40 bits per heavy atom. The van der Waals surface area contributed by atoms with Crippen molar-refractivity contribution in [3.05, 3.63) is 94.8 Å². The summed E-state index contributed by atoms with van der Waals surface area (Å²) in [5.74, 6) is 0.902. The molecule has 0 unspecified atom stereocenters. The van der Waals surface area contributed by atoms with Crippen LogP contribution in [0.4, 0.5) is 4.39 Å². The normalized spacial score (nSPS) is 13.7. The molecule has 0 N–H and O–H groups in total. The molecule has 0 bridgehead atoms. The van der Waals surface area contributed by atoms with Crippen LogP contribution in [0.5, 0.6) is 0 Å². The van der Waals surface area contributed by atoms with Crippen molar-refractivity contribution >= 4 is 29.3 Å². The zero-order chi connectivity index (χ0) is 24.2. The molecular weight excluding hydrogens is 487 g/mol. The topological polar surface area (TPSA) is 60.2 Å². The summed E-state index contributed by atoms with van der Waals surface area (Å²) in [6, 6.07) is 21.2. The van der Waals surface area contributed by atoms with Crippen molar-refractivity contribution < 1.29 is 13.9 Å². The van der Waals surface area contributed by atoms with E-state index < -0.39 is 0 Å². The molecule has 6 nitrogen and oxygen atoms in total. The minimum Gasteiger partial charge on any atom is -0.378 e. The predicted molar refractivity (Wildman–Crippen MR) is 134 cm³/mol.